The minimum atomic E-state index is -0.103. The second kappa shape index (κ2) is 8.11. The molecule has 4 nitrogen and oxygen atoms in total. The van der Waals surface area contributed by atoms with Gasteiger partial charge in [0.2, 0.25) is 0 Å². The Hall–Kier alpha value is -1.06. The van der Waals surface area contributed by atoms with Crippen LogP contribution in [-0.4, -0.2) is 25.2 Å². The lowest BCUT2D eigenvalue weighted by atomic mass is 9.69. The maximum atomic E-state index is 11.2. The first-order valence-electron chi connectivity index (χ1n) is 6.98. The summed E-state index contributed by atoms with van der Waals surface area (Å²) in [5.74, 6) is 0.967. The molecule has 0 unspecified atom stereocenters. The Morgan fingerprint density at radius 1 is 0.889 bits per heavy atom. The predicted octanol–water partition coefficient (Wildman–Crippen LogP) is 2.70. The van der Waals surface area contributed by atoms with Crippen molar-refractivity contribution in [1.82, 2.24) is 0 Å². The van der Waals surface area contributed by atoms with Crippen molar-refractivity contribution in [3.05, 3.63) is 0 Å². The molecule has 0 bridgehead atoms. The average Bonchev–Trinajstić information content (AvgIpc) is 2.28. The molecule has 1 saturated carbocycles. The summed E-state index contributed by atoms with van der Waals surface area (Å²) in [6, 6.07) is 0. The van der Waals surface area contributed by atoms with Gasteiger partial charge in [0, 0.05) is 12.8 Å². The molecule has 1 fully saturated rings. The molecule has 1 aliphatic carbocycles. The summed E-state index contributed by atoms with van der Waals surface area (Å²) >= 11 is 0. The van der Waals surface area contributed by atoms with Crippen LogP contribution < -0.4 is 0 Å². The number of hydrogen-bond acceptors (Lipinski definition) is 4. The molecule has 0 spiro atoms. The van der Waals surface area contributed by atoms with Crippen molar-refractivity contribution in [3.63, 3.8) is 0 Å². The van der Waals surface area contributed by atoms with E-state index in [2.05, 4.69) is 0 Å². The van der Waals surface area contributed by atoms with Gasteiger partial charge in [-0.15, -0.1) is 0 Å². The van der Waals surface area contributed by atoms with Crippen LogP contribution >= 0.6 is 0 Å². The fourth-order valence-corrected chi connectivity index (χ4v) is 2.47. The SMILES string of the molecule is CCOC(=O)CC[C@H]1CC[C@@H]1CCC(=O)OCC. The largest absolute Gasteiger partial charge is 0.466 e. The molecule has 1 rings (SSSR count). The zero-order valence-corrected chi connectivity index (χ0v) is 11.4. The van der Waals surface area contributed by atoms with E-state index in [1.54, 1.807) is 0 Å². The third-order valence-corrected chi connectivity index (χ3v) is 3.62. The van der Waals surface area contributed by atoms with Crippen LogP contribution in [0.5, 0.6) is 0 Å². The fraction of sp³-hybridized carbons (Fsp3) is 0.857. The van der Waals surface area contributed by atoms with E-state index in [-0.39, 0.29) is 11.9 Å². The van der Waals surface area contributed by atoms with E-state index < -0.39 is 0 Å². The van der Waals surface area contributed by atoms with Gasteiger partial charge in [-0.25, -0.2) is 0 Å². The zero-order chi connectivity index (χ0) is 13.4. The monoisotopic (exact) mass is 256 g/mol. The summed E-state index contributed by atoms with van der Waals surface area (Å²) in [6.07, 6.45) is 5.15. The maximum Gasteiger partial charge on any atom is 0.305 e. The Labute approximate surface area is 109 Å². The van der Waals surface area contributed by atoms with Gasteiger partial charge in [-0.05, 0) is 51.4 Å². The molecule has 0 heterocycles. The average molecular weight is 256 g/mol. The van der Waals surface area contributed by atoms with Gasteiger partial charge in [0.25, 0.3) is 0 Å². The number of esters is 2. The lowest BCUT2D eigenvalue weighted by Crippen LogP contribution is -2.27. The van der Waals surface area contributed by atoms with E-state index in [1.165, 1.54) is 12.8 Å². The minimum Gasteiger partial charge on any atom is -0.466 e. The van der Waals surface area contributed by atoms with Crippen molar-refractivity contribution in [2.45, 2.75) is 52.4 Å². The van der Waals surface area contributed by atoms with E-state index in [1.807, 2.05) is 13.8 Å². The Bertz CT molecular complexity index is 247. The van der Waals surface area contributed by atoms with Gasteiger partial charge in [-0.1, -0.05) is 0 Å². The third-order valence-electron chi connectivity index (χ3n) is 3.62. The zero-order valence-electron chi connectivity index (χ0n) is 11.4. The molecule has 0 aromatic rings. The Morgan fingerprint density at radius 2 is 1.28 bits per heavy atom. The van der Waals surface area contributed by atoms with E-state index in [9.17, 15) is 9.59 Å². The van der Waals surface area contributed by atoms with Crippen LogP contribution in [0.4, 0.5) is 0 Å². The molecule has 18 heavy (non-hydrogen) atoms. The second-order valence-corrected chi connectivity index (χ2v) is 4.78. The van der Waals surface area contributed by atoms with Gasteiger partial charge in [0.1, 0.15) is 0 Å². The molecule has 2 atom stereocenters. The summed E-state index contributed by atoms with van der Waals surface area (Å²) in [6.45, 7) is 4.55. The van der Waals surface area contributed by atoms with Crippen LogP contribution in [0.25, 0.3) is 0 Å². The summed E-state index contributed by atoms with van der Waals surface area (Å²) in [5, 5.41) is 0. The van der Waals surface area contributed by atoms with Crippen LogP contribution in [0.15, 0.2) is 0 Å². The van der Waals surface area contributed by atoms with Crippen molar-refractivity contribution in [3.8, 4) is 0 Å². The molecular weight excluding hydrogens is 232 g/mol. The summed E-state index contributed by atoms with van der Waals surface area (Å²) in [7, 11) is 0. The highest BCUT2D eigenvalue weighted by atomic mass is 16.5. The molecule has 104 valence electrons. The smallest absolute Gasteiger partial charge is 0.305 e. The van der Waals surface area contributed by atoms with Crippen LogP contribution in [0.1, 0.15) is 52.4 Å². The summed E-state index contributed by atoms with van der Waals surface area (Å²) < 4.78 is 9.83. The van der Waals surface area contributed by atoms with E-state index in [0.29, 0.717) is 37.9 Å². The van der Waals surface area contributed by atoms with Crippen molar-refractivity contribution >= 4 is 11.9 Å². The van der Waals surface area contributed by atoms with Gasteiger partial charge in [-0.3, -0.25) is 9.59 Å². The van der Waals surface area contributed by atoms with Gasteiger partial charge < -0.3 is 9.47 Å². The van der Waals surface area contributed by atoms with E-state index >= 15 is 0 Å². The van der Waals surface area contributed by atoms with Gasteiger partial charge in [0.15, 0.2) is 0 Å². The normalized spacial score (nSPS) is 22.1. The molecule has 0 N–H and O–H groups in total. The number of carbonyl (C=O) groups excluding carboxylic acids is 2. The Balaban J connectivity index is 2.13. The van der Waals surface area contributed by atoms with Crippen LogP contribution in [0.3, 0.4) is 0 Å². The highest BCUT2D eigenvalue weighted by molar-refractivity contribution is 5.69. The molecule has 0 aliphatic heterocycles. The highest BCUT2D eigenvalue weighted by Crippen LogP contribution is 2.40. The predicted molar refractivity (Wildman–Crippen MR) is 67.9 cm³/mol. The first-order valence-corrected chi connectivity index (χ1v) is 6.98. The highest BCUT2D eigenvalue weighted by Gasteiger charge is 2.31. The first kappa shape index (κ1) is 15.0. The van der Waals surface area contributed by atoms with Crippen LogP contribution in [-0.2, 0) is 19.1 Å². The van der Waals surface area contributed by atoms with Gasteiger partial charge >= 0.3 is 11.9 Å². The minimum absolute atomic E-state index is 0.103. The Kier molecular flexibility index (Phi) is 6.76. The van der Waals surface area contributed by atoms with E-state index in [4.69, 9.17) is 9.47 Å². The maximum absolute atomic E-state index is 11.2. The molecule has 0 amide bonds. The van der Waals surface area contributed by atoms with Crippen LogP contribution in [0.2, 0.25) is 0 Å². The van der Waals surface area contributed by atoms with Crippen molar-refractivity contribution in [1.29, 1.82) is 0 Å². The summed E-state index contributed by atoms with van der Waals surface area (Å²) in [5.41, 5.74) is 0. The molecule has 4 heteroatoms. The van der Waals surface area contributed by atoms with Gasteiger partial charge in [0.05, 0.1) is 13.2 Å². The number of hydrogen-bond donors (Lipinski definition) is 0. The standard InChI is InChI=1S/C14H24O4/c1-3-17-13(15)9-7-11-5-6-12(11)8-10-14(16)18-4-2/h11-12H,3-10H2,1-2H3/t11-,12-/m1/s1. The van der Waals surface area contributed by atoms with Crippen molar-refractivity contribution in [2.24, 2.45) is 11.8 Å². The number of carbonyl (C=O) groups is 2. The summed E-state index contributed by atoms with van der Waals surface area (Å²) in [4.78, 5) is 22.5. The molecular formula is C14H24O4. The quantitative estimate of drug-likeness (QED) is 0.626. The molecule has 0 aromatic heterocycles. The first-order chi connectivity index (χ1) is 8.67. The number of rotatable bonds is 8. The van der Waals surface area contributed by atoms with E-state index in [0.717, 1.165) is 12.8 Å². The second-order valence-electron chi connectivity index (χ2n) is 4.78. The van der Waals surface area contributed by atoms with Gasteiger partial charge in [-0.2, -0.15) is 0 Å². The number of ether oxygens (including phenoxy) is 2. The van der Waals surface area contributed by atoms with Crippen molar-refractivity contribution in [2.75, 3.05) is 13.2 Å². The molecule has 1 aliphatic rings. The molecule has 0 saturated heterocycles. The Morgan fingerprint density at radius 3 is 1.56 bits per heavy atom. The fourth-order valence-electron chi connectivity index (χ4n) is 2.47. The topological polar surface area (TPSA) is 52.6 Å². The molecule has 0 radical (unpaired) electrons. The van der Waals surface area contributed by atoms with Crippen LogP contribution in [0, 0.1) is 11.8 Å². The lowest BCUT2D eigenvalue weighted by molar-refractivity contribution is -0.145. The molecule has 0 aromatic carbocycles. The third kappa shape index (κ3) is 5.07. The van der Waals surface area contributed by atoms with Crippen molar-refractivity contribution < 1.29 is 19.1 Å². The lowest BCUT2D eigenvalue weighted by Gasteiger charge is -2.36.